The minimum atomic E-state index is -0.591. The predicted molar refractivity (Wildman–Crippen MR) is 72.7 cm³/mol. The van der Waals surface area contributed by atoms with E-state index in [9.17, 15) is 15.0 Å². The van der Waals surface area contributed by atoms with Crippen LogP contribution >= 0.6 is 0 Å². The Morgan fingerprint density at radius 2 is 1.89 bits per heavy atom. The van der Waals surface area contributed by atoms with Crippen LogP contribution in [0, 0.1) is 11.8 Å². The maximum Gasteiger partial charge on any atom is 0.241 e. The number of nitrogens with two attached hydrogens (primary N) is 1. The molecule has 4 nitrogen and oxygen atoms in total. The number of primary amides is 1. The summed E-state index contributed by atoms with van der Waals surface area (Å²) in [5.41, 5.74) is 4.93. The molecule has 0 aliphatic carbocycles. The van der Waals surface area contributed by atoms with E-state index in [0.29, 0.717) is 6.42 Å². The van der Waals surface area contributed by atoms with E-state index in [0.717, 1.165) is 6.42 Å². The predicted octanol–water partition coefficient (Wildman–Crippen LogP) is 1.38. The fourth-order valence-corrected chi connectivity index (χ4v) is 1.65. The summed E-state index contributed by atoms with van der Waals surface area (Å²) < 4.78 is 0. The zero-order valence-corrected chi connectivity index (χ0v) is 11.4. The molecule has 0 saturated carbocycles. The number of hydrogen-bond acceptors (Lipinski definition) is 3. The topological polar surface area (TPSA) is 83.6 Å². The fraction of sp³-hybridized carbons (Fsp3) is 0.643. The molecule has 0 heterocycles. The van der Waals surface area contributed by atoms with Gasteiger partial charge >= 0.3 is 0 Å². The van der Waals surface area contributed by atoms with Crippen LogP contribution < -0.4 is 5.73 Å². The van der Waals surface area contributed by atoms with Gasteiger partial charge in [0.1, 0.15) is 0 Å². The smallest absolute Gasteiger partial charge is 0.241 e. The zero-order valence-electron chi connectivity index (χ0n) is 11.4. The van der Waals surface area contributed by atoms with Gasteiger partial charge in [-0.1, -0.05) is 45.4 Å². The Balaban J connectivity index is 4.16. The van der Waals surface area contributed by atoms with Crippen LogP contribution in [0.1, 0.15) is 33.6 Å². The van der Waals surface area contributed by atoms with E-state index in [-0.39, 0.29) is 11.8 Å². The van der Waals surface area contributed by atoms with Crippen LogP contribution in [-0.4, -0.2) is 28.3 Å². The summed E-state index contributed by atoms with van der Waals surface area (Å²) in [7, 11) is 0. The maximum absolute atomic E-state index is 10.4. The maximum atomic E-state index is 10.4. The van der Waals surface area contributed by atoms with Crippen LogP contribution in [0.25, 0.3) is 0 Å². The van der Waals surface area contributed by atoms with Crippen LogP contribution in [0.4, 0.5) is 0 Å². The summed E-state index contributed by atoms with van der Waals surface area (Å²) in [6.07, 6.45) is 6.44. The molecule has 0 bridgehead atoms. The molecule has 0 aromatic rings. The van der Waals surface area contributed by atoms with Crippen molar-refractivity contribution in [2.24, 2.45) is 17.6 Å². The highest BCUT2D eigenvalue weighted by atomic mass is 16.3. The lowest BCUT2D eigenvalue weighted by atomic mass is 9.87. The highest BCUT2D eigenvalue weighted by molar-refractivity contribution is 5.85. The summed E-state index contributed by atoms with van der Waals surface area (Å²) in [6, 6.07) is 0. The Labute approximate surface area is 109 Å². The van der Waals surface area contributed by atoms with Gasteiger partial charge in [0.15, 0.2) is 0 Å². The Morgan fingerprint density at radius 1 is 1.28 bits per heavy atom. The second-order valence-electron chi connectivity index (χ2n) is 4.73. The Bertz CT molecular complexity index is 299. The van der Waals surface area contributed by atoms with Gasteiger partial charge in [-0.2, -0.15) is 0 Å². The third-order valence-corrected chi connectivity index (χ3v) is 3.26. The van der Waals surface area contributed by atoms with Crippen molar-refractivity contribution in [2.75, 3.05) is 0 Å². The number of carbonyl (C=O) groups is 1. The molecule has 0 fully saturated rings. The number of aliphatic hydroxyl groups is 2. The molecule has 0 aliphatic heterocycles. The number of hydrogen-bond donors (Lipinski definition) is 3. The molecule has 0 aliphatic rings. The van der Waals surface area contributed by atoms with Crippen molar-refractivity contribution in [3.8, 4) is 0 Å². The molecule has 0 aromatic heterocycles. The SMILES string of the molecule is CC[C@H](C)[C@@H](O)[C@@H](C)[C@@H](O)CC=CC=CC(N)=O. The first-order valence-corrected chi connectivity index (χ1v) is 6.38. The zero-order chi connectivity index (χ0) is 14.1. The summed E-state index contributed by atoms with van der Waals surface area (Å²) in [5.74, 6) is -0.501. The molecular formula is C14H25NO3. The third-order valence-electron chi connectivity index (χ3n) is 3.26. The van der Waals surface area contributed by atoms with Gasteiger partial charge in [0.2, 0.25) is 5.91 Å². The Kier molecular flexibility index (Phi) is 8.33. The van der Waals surface area contributed by atoms with E-state index in [1.807, 2.05) is 20.8 Å². The largest absolute Gasteiger partial charge is 0.392 e. The second-order valence-corrected chi connectivity index (χ2v) is 4.73. The van der Waals surface area contributed by atoms with Crippen molar-refractivity contribution < 1.29 is 15.0 Å². The lowest BCUT2D eigenvalue weighted by Gasteiger charge is -2.27. The number of aliphatic hydroxyl groups excluding tert-OH is 2. The van der Waals surface area contributed by atoms with Gasteiger partial charge in [-0.25, -0.2) is 0 Å². The van der Waals surface area contributed by atoms with E-state index in [2.05, 4.69) is 0 Å². The molecule has 18 heavy (non-hydrogen) atoms. The quantitative estimate of drug-likeness (QED) is 0.452. The van der Waals surface area contributed by atoms with Crippen LogP contribution in [0.15, 0.2) is 24.3 Å². The molecule has 0 saturated heterocycles. The summed E-state index contributed by atoms with van der Waals surface area (Å²) in [5, 5.41) is 19.9. The first-order chi connectivity index (χ1) is 8.40. The molecule has 0 spiro atoms. The number of allylic oxidation sites excluding steroid dienone is 2. The highest BCUT2D eigenvalue weighted by Crippen LogP contribution is 2.20. The first kappa shape index (κ1) is 16.9. The Hall–Kier alpha value is -1.13. The van der Waals surface area contributed by atoms with Crippen LogP contribution in [0.3, 0.4) is 0 Å². The van der Waals surface area contributed by atoms with E-state index in [1.54, 1.807) is 12.2 Å². The average molecular weight is 255 g/mol. The molecule has 4 N–H and O–H groups in total. The van der Waals surface area contributed by atoms with E-state index >= 15 is 0 Å². The number of carbonyl (C=O) groups excluding carboxylic acids is 1. The molecule has 0 radical (unpaired) electrons. The van der Waals surface area contributed by atoms with Crippen LogP contribution in [-0.2, 0) is 4.79 Å². The van der Waals surface area contributed by atoms with Gasteiger partial charge in [0.05, 0.1) is 12.2 Å². The van der Waals surface area contributed by atoms with Gasteiger partial charge in [-0.05, 0) is 12.3 Å². The van der Waals surface area contributed by atoms with Crippen molar-refractivity contribution in [1.29, 1.82) is 0 Å². The molecule has 104 valence electrons. The molecule has 4 atom stereocenters. The molecule has 0 unspecified atom stereocenters. The van der Waals surface area contributed by atoms with Gasteiger partial charge in [-0.3, -0.25) is 4.79 Å². The first-order valence-electron chi connectivity index (χ1n) is 6.38. The minimum Gasteiger partial charge on any atom is -0.392 e. The van der Waals surface area contributed by atoms with Crippen LogP contribution in [0.5, 0.6) is 0 Å². The van der Waals surface area contributed by atoms with E-state index < -0.39 is 18.1 Å². The molecule has 0 aromatic carbocycles. The number of rotatable bonds is 8. The van der Waals surface area contributed by atoms with Crippen LogP contribution in [0.2, 0.25) is 0 Å². The van der Waals surface area contributed by atoms with Gasteiger partial charge in [-0.15, -0.1) is 0 Å². The third kappa shape index (κ3) is 6.57. The van der Waals surface area contributed by atoms with Crippen molar-refractivity contribution in [1.82, 2.24) is 0 Å². The van der Waals surface area contributed by atoms with Gasteiger partial charge in [0, 0.05) is 12.0 Å². The fourth-order valence-electron chi connectivity index (χ4n) is 1.65. The van der Waals surface area contributed by atoms with E-state index in [4.69, 9.17) is 5.73 Å². The molecular weight excluding hydrogens is 230 g/mol. The van der Waals surface area contributed by atoms with Gasteiger partial charge in [0.25, 0.3) is 0 Å². The number of amides is 1. The Morgan fingerprint density at radius 3 is 2.39 bits per heavy atom. The summed E-state index contributed by atoms with van der Waals surface area (Å²) >= 11 is 0. The van der Waals surface area contributed by atoms with Crippen molar-refractivity contribution in [3.05, 3.63) is 24.3 Å². The van der Waals surface area contributed by atoms with E-state index in [1.165, 1.54) is 12.2 Å². The normalized spacial score (nSPS) is 18.9. The van der Waals surface area contributed by atoms with Gasteiger partial charge < -0.3 is 15.9 Å². The molecule has 4 heteroatoms. The molecule has 0 rings (SSSR count). The molecule has 1 amide bonds. The average Bonchev–Trinajstić information content (AvgIpc) is 2.34. The monoisotopic (exact) mass is 255 g/mol. The van der Waals surface area contributed by atoms with Crippen molar-refractivity contribution in [2.45, 2.75) is 45.8 Å². The highest BCUT2D eigenvalue weighted by Gasteiger charge is 2.25. The minimum absolute atomic E-state index is 0.174. The lowest BCUT2D eigenvalue weighted by Crippen LogP contribution is -2.33. The summed E-state index contributed by atoms with van der Waals surface area (Å²) in [6.45, 7) is 5.83. The second kappa shape index (κ2) is 8.89. The summed E-state index contributed by atoms with van der Waals surface area (Å²) in [4.78, 5) is 10.4. The van der Waals surface area contributed by atoms with Crippen molar-refractivity contribution >= 4 is 5.91 Å². The standard InChI is InChI=1S/C14H25NO3/c1-4-10(2)14(18)11(3)12(16)8-6-5-7-9-13(15)17/h5-7,9-12,14,16,18H,4,8H2,1-3H3,(H2,15,17)/t10-,11-,12-,14+/m0/s1. The lowest BCUT2D eigenvalue weighted by molar-refractivity contribution is -0.113. The van der Waals surface area contributed by atoms with Crippen molar-refractivity contribution in [3.63, 3.8) is 0 Å².